The normalized spacial score (nSPS) is 12.8. The Bertz CT molecular complexity index is 447. The number of aryl methyl sites for hydroxylation is 2. The molecule has 2 aromatic heterocycles. The Morgan fingerprint density at radius 2 is 2.33 bits per heavy atom. The number of rotatable bonds is 7. The minimum Gasteiger partial charge on any atom is -0.323 e. The maximum atomic E-state index is 6.25. The van der Waals surface area contributed by atoms with Crippen molar-refractivity contribution in [3.8, 4) is 0 Å². The molecule has 18 heavy (non-hydrogen) atoms. The van der Waals surface area contributed by atoms with Gasteiger partial charge in [0.05, 0.1) is 5.69 Å². The molecular formula is C14H21N3S. The summed E-state index contributed by atoms with van der Waals surface area (Å²) in [6.07, 6.45) is 6.24. The zero-order chi connectivity index (χ0) is 12.8. The highest BCUT2D eigenvalue weighted by molar-refractivity contribution is 7.09. The van der Waals surface area contributed by atoms with Crippen LogP contribution in [0.2, 0.25) is 0 Å². The van der Waals surface area contributed by atoms with Gasteiger partial charge in [0.15, 0.2) is 0 Å². The van der Waals surface area contributed by atoms with Gasteiger partial charge in [0.25, 0.3) is 0 Å². The third-order valence-electron chi connectivity index (χ3n) is 3.08. The second-order valence-corrected chi connectivity index (χ2v) is 5.59. The average molecular weight is 263 g/mol. The maximum absolute atomic E-state index is 6.25. The molecule has 1 atom stereocenters. The van der Waals surface area contributed by atoms with Crippen LogP contribution < -0.4 is 5.73 Å². The summed E-state index contributed by atoms with van der Waals surface area (Å²) in [6, 6.07) is 6.46. The SMILES string of the molecule is CCCn1nccc1C(N)CCCc1cccs1. The molecule has 2 heterocycles. The van der Waals surface area contributed by atoms with Gasteiger partial charge >= 0.3 is 0 Å². The van der Waals surface area contributed by atoms with E-state index in [9.17, 15) is 0 Å². The van der Waals surface area contributed by atoms with Gasteiger partial charge in [-0.15, -0.1) is 11.3 Å². The van der Waals surface area contributed by atoms with Crippen molar-refractivity contribution in [2.75, 3.05) is 0 Å². The zero-order valence-corrected chi connectivity index (χ0v) is 11.7. The van der Waals surface area contributed by atoms with Crippen LogP contribution in [0, 0.1) is 0 Å². The summed E-state index contributed by atoms with van der Waals surface area (Å²) in [5.74, 6) is 0. The first kappa shape index (κ1) is 13.3. The number of nitrogens with two attached hydrogens (primary N) is 1. The van der Waals surface area contributed by atoms with Crippen LogP contribution in [0.25, 0.3) is 0 Å². The first-order chi connectivity index (χ1) is 8.81. The van der Waals surface area contributed by atoms with Gasteiger partial charge in [-0.2, -0.15) is 5.10 Å². The summed E-state index contributed by atoms with van der Waals surface area (Å²) in [5, 5.41) is 6.45. The molecule has 0 saturated carbocycles. The number of thiophene rings is 1. The number of hydrogen-bond donors (Lipinski definition) is 1. The number of hydrogen-bond acceptors (Lipinski definition) is 3. The van der Waals surface area contributed by atoms with Gasteiger partial charge in [-0.05, 0) is 43.2 Å². The Labute approximate surface area is 113 Å². The van der Waals surface area contributed by atoms with Crippen LogP contribution in [0.4, 0.5) is 0 Å². The molecule has 3 nitrogen and oxygen atoms in total. The molecule has 0 fully saturated rings. The van der Waals surface area contributed by atoms with Crippen molar-refractivity contribution in [1.29, 1.82) is 0 Å². The molecule has 0 bridgehead atoms. The third kappa shape index (κ3) is 3.43. The van der Waals surface area contributed by atoms with Gasteiger partial charge in [0.2, 0.25) is 0 Å². The minimum absolute atomic E-state index is 0.110. The second-order valence-electron chi connectivity index (χ2n) is 4.56. The van der Waals surface area contributed by atoms with E-state index in [1.165, 1.54) is 10.6 Å². The van der Waals surface area contributed by atoms with Gasteiger partial charge < -0.3 is 5.73 Å². The molecule has 2 aromatic rings. The molecule has 0 aliphatic heterocycles. The topological polar surface area (TPSA) is 43.8 Å². The Hall–Kier alpha value is -1.13. The van der Waals surface area contributed by atoms with Crippen molar-refractivity contribution in [2.45, 2.75) is 45.2 Å². The first-order valence-corrected chi connectivity index (χ1v) is 7.49. The minimum atomic E-state index is 0.110. The largest absolute Gasteiger partial charge is 0.323 e. The maximum Gasteiger partial charge on any atom is 0.0551 e. The van der Waals surface area contributed by atoms with Gasteiger partial charge in [-0.1, -0.05) is 13.0 Å². The lowest BCUT2D eigenvalue weighted by atomic mass is 10.1. The van der Waals surface area contributed by atoms with E-state index in [1.54, 1.807) is 0 Å². The lowest BCUT2D eigenvalue weighted by Crippen LogP contribution is -2.16. The van der Waals surface area contributed by atoms with Crippen molar-refractivity contribution >= 4 is 11.3 Å². The molecule has 2 rings (SSSR count). The molecule has 0 aliphatic carbocycles. The fraction of sp³-hybridized carbons (Fsp3) is 0.500. The van der Waals surface area contributed by atoms with Gasteiger partial charge in [0, 0.05) is 23.7 Å². The predicted octanol–water partition coefficient (Wildman–Crippen LogP) is 3.38. The molecule has 0 saturated heterocycles. The molecule has 98 valence electrons. The highest BCUT2D eigenvalue weighted by Gasteiger charge is 2.11. The summed E-state index contributed by atoms with van der Waals surface area (Å²) in [5.41, 5.74) is 7.42. The van der Waals surface area contributed by atoms with E-state index in [0.717, 1.165) is 32.2 Å². The van der Waals surface area contributed by atoms with E-state index in [2.05, 4.69) is 29.5 Å². The van der Waals surface area contributed by atoms with Crippen LogP contribution >= 0.6 is 11.3 Å². The van der Waals surface area contributed by atoms with Crippen LogP contribution in [0.3, 0.4) is 0 Å². The molecule has 0 spiro atoms. The van der Waals surface area contributed by atoms with E-state index in [1.807, 2.05) is 28.3 Å². The van der Waals surface area contributed by atoms with Crippen molar-refractivity contribution in [1.82, 2.24) is 9.78 Å². The molecule has 2 N–H and O–H groups in total. The molecule has 1 unspecified atom stereocenters. The Balaban J connectivity index is 1.83. The lowest BCUT2D eigenvalue weighted by Gasteiger charge is -2.13. The lowest BCUT2D eigenvalue weighted by molar-refractivity contribution is 0.514. The van der Waals surface area contributed by atoms with Crippen LogP contribution in [0.15, 0.2) is 29.8 Å². The molecule has 0 radical (unpaired) electrons. The first-order valence-electron chi connectivity index (χ1n) is 6.61. The van der Waals surface area contributed by atoms with Gasteiger partial charge in [0.1, 0.15) is 0 Å². The van der Waals surface area contributed by atoms with Crippen molar-refractivity contribution in [3.05, 3.63) is 40.3 Å². The van der Waals surface area contributed by atoms with Crippen molar-refractivity contribution < 1.29 is 0 Å². The Morgan fingerprint density at radius 3 is 3.06 bits per heavy atom. The highest BCUT2D eigenvalue weighted by atomic mass is 32.1. The van der Waals surface area contributed by atoms with E-state index in [4.69, 9.17) is 5.73 Å². The predicted molar refractivity (Wildman–Crippen MR) is 76.7 cm³/mol. The van der Waals surface area contributed by atoms with Crippen molar-refractivity contribution in [3.63, 3.8) is 0 Å². The van der Waals surface area contributed by atoms with Crippen LogP contribution in [-0.4, -0.2) is 9.78 Å². The molecule has 0 aliphatic rings. The molecular weight excluding hydrogens is 242 g/mol. The Morgan fingerprint density at radius 1 is 1.44 bits per heavy atom. The fourth-order valence-corrected chi connectivity index (χ4v) is 2.91. The zero-order valence-electron chi connectivity index (χ0n) is 10.9. The van der Waals surface area contributed by atoms with Gasteiger partial charge in [-0.3, -0.25) is 4.68 Å². The van der Waals surface area contributed by atoms with Crippen molar-refractivity contribution in [2.24, 2.45) is 5.73 Å². The van der Waals surface area contributed by atoms with E-state index in [0.29, 0.717) is 0 Å². The Kier molecular flexibility index (Phi) is 4.96. The van der Waals surface area contributed by atoms with E-state index >= 15 is 0 Å². The molecule has 0 aromatic carbocycles. The average Bonchev–Trinajstić information content (AvgIpc) is 3.00. The van der Waals surface area contributed by atoms with Gasteiger partial charge in [-0.25, -0.2) is 0 Å². The fourth-order valence-electron chi connectivity index (χ4n) is 2.16. The summed E-state index contributed by atoms with van der Waals surface area (Å²) in [6.45, 7) is 3.12. The van der Waals surface area contributed by atoms with Crippen LogP contribution in [0.5, 0.6) is 0 Å². The number of nitrogens with zero attached hydrogens (tertiary/aromatic N) is 2. The van der Waals surface area contributed by atoms with E-state index < -0.39 is 0 Å². The molecule has 4 heteroatoms. The summed E-state index contributed by atoms with van der Waals surface area (Å²) < 4.78 is 2.04. The molecule has 0 amide bonds. The highest BCUT2D eigenvalue weighted by Crippen LogP contribution is 2.19. The van der Waals surface area contributed by atoms with Crippen LogP contribution in [-0.2, 0) is 13.0 Å². The number of aromatic nitrogens is 2. The quantitative estimate of drug-likeness (QED) is 0.832. The third-order valence-corrected chi connectivity index (χ3v) is 4.02. The van der Waals surface area contributed by atoms with E-state index in [-0.39, 0.29) is 6.04 Å². The second kappa shape index (κ2) is 6.71. The smallest absolute Gasteiger partial charge is 0.0551 e. The summed E-state index contributed by atoms with van der Waals surface area (Å²) in [4.78, 5) is 1.45. The summed E-state index contributed by atoms with van der Waals surface area (Å²) in [7, 11) is 0. The standard InChI is InChI=1S/C14H21N3S/c1-2-10-17-14(8-9-16-17)13(15)7-3-5-12-6-4-11-18-12/h4,6,8-9,11,13H,2-3,5,7,10,15H2,1H3. The summed E-state index contributed by atoms with van der Waals surface area (Å²) >= 11 is 1.82. The van der Waals surface area contributed by atoms with Crippen LogP contribution in [0.1, 0.15) is 42.8 Å². The monoisotopic (exact) mass is 263 g/mol.